The van der Waals surface area contributed by atoms with Crippen LogP contribution in [0.4, 0.5) is 10.6 Å². The van der Waals surface area contributed by atoms with Crippen LogP contribution >= 0.6 is 0 Å². The zero-order chi connectivity index (χ0) is 16.9. The van der Waals surface area contributed by atoms with Crippen LogP contribution in [0, 0.1) is 0 Å². The third-order valence-electron chi connectivity index (χ3n) is 4.66. The third kappa shape index (κ3) is 3.92. The van der Waals surface area contributed by atoms with Crippen LogP contribution in [-0.4, -0.2) is 54.0 Å². The Labute approximate surface area is 143 Å². The summed E-state index contributed by atoms with van der Waals surface area (Å²) >= 11 is 0. The molecule has 5 heteroatoms. The van der Waals surface area contributed by atoms with Crippen molar-refractivity contribution >= 4 is 11.8 Å². The summed E-state index contributed by atoms with van der Waals surface area (Å²) in [5, 5.41) is 2.89. The van der Waals surface area contributed by atoms with E-state index in [0.29, 0.717) is 11.9 Å². The maximum Gasteiger partial charge on any atom is 0.323 e. The number of hydrogen-bond acceptors (Lipinski definition) is 3. The Balaban J connectivity index is 1.60. The molecular formula is C19H24N4O. The molecule has 0 saturated carbocycles. The van der Waals surface area contributed by atoms with Crippen LogP contribution in [0.5, 0.6) is 0 Å². The summed E-state index contributed by atoms with van der Waals surface area (Å²) < 4.78 is 0. The Kier molecular flexibility index (Phi) is 5.11. The normalized spacial score (nSPS) is 15.9. The molecule has 1 fully saturated rings. The van der Waals surface area contributed by atoms with Gasteiger partial charge in [-0.15, -0.1) is 0 Å². The number of aromatic nitrogens is 1. The van der Waals surface area contributed by atoms with Crippen molar-refractivity contribution in [2.75, 3.05) is 32.5 Å². The predicted molar refractivity (Wildman–Crippen MR) is 97.0 cm³/mol. The van der Waals surface area contributed by atoms with Crippen LogP contribution in [0.2, 0.25) is 0 Å². The fourth-order valence-corrected chi connectivity index (χ4v) is 3.01. The van der Waals surface area contributed by atoms with Crippen molar-refractivity contribution in [2.45, 2.75) is 18.9 Å². The molecular weight excluding hydrogens is 300 g/mol. The van der Waals surface area contributed by atoms with E-state index in [1.165, 1.54) is 0 Å². The molecule has 0 spiro atoms. The molecule has 5 nitrogen and oxygen atoms in total. The Hall–Kier alpha value is -2.40. The van der Waals surface area contributed by atoms with Crippen molar-refractivity contribution in [3.05, 3.63) is 48.7 Å². The fourth-order valence-electron chi connectivity index (χ4n) is 3.01. The number of likely N-dealkylation sites (tertiary alicyclic amines) is 1. The van der Waals surface area contributed by atoms with Gasteiger partial charge in [-0.05, 0) is 50.7 Å². The van der Waals surface area contributed by atoms with E-state index in [-0.39, 0.29) is 6.03 Å². The molecule has 2 heterocycles. The molecule has 0 unspecified atom stereocenters. The number of hydrogen-bond donors (Lipinski definition) is 1. The molecule has 1 aliphatic heterocycles. The first-order valence-corrected chi connectivity index (χ1v) is 8.37. The zero-order valence-corrected chi connectivity index (χ0v) is 14.3. The van der Waals surface area contributed by atoms with Gasteiger partial charge in [-0.2, -0.15) is 0 Å². The van der Waals surface area contributed by atoms with Gasteiger partial charge in [-0.3, -0.25) is 5.32 Å². The summed E-state index contributed by atoms with van der Waals surface area (Å²) in [5.74, 6) is 0.583. The molecule has 0 aliphatic carbocycles. The second-order valence-electron chi connectivity index (χ2n) is 6.37. The standard InChI is InChI=1S/C19H24N4O/c1-22-12-10-17(11-13-22)23(2)19(24)21-18-9-8-16(14-20-18)15-6-4-3-5-7-15/h3-9,14,17H,10-13H2,1-2H3,(H,20,21,24). The molecule has 1 aromatic carbocycles. The van der Waals surface area contributed by atoms with Crippen LogP contribution < -0.4 is 5.32 Å². The van der Waals surface area contributed by atoms with Crippen LogP contribution in [0.25, 0.3) is 11.1 Å². The van der Waals surface area contributed by atoms with Gasteiger partial charge >= 0.3 is 6.03 Å². The Morgan fingerprint density at radius 1 is 1.12 bits per heavy atom. The number of anilines is 1. The lowest BCUT2D eigenvalue weighted by Crippen LogP contribution is -2.46. The van der Waals surface area contributed by atoms with Crippen LogP contribution in [0.15, 0.2) is 48.7 Å². The number of nitrogens with zero attached hydrogens (tertiary/aromatic N) is 3. The average molecular weight is 324 g/mol. The number of amides is 2. The first kappa shape index (κ1) is 16.5. The molecule has 1 aromatic heterocycles. The Bertz CT molecular complexity index is 664. The van der Waals surface area contributed by atoms with Crippen molar-refractivity contribution in [1.82, 2.24) is 14.8 Å². The lowest BCUT2D eigenvalue weighted by Gasteiger charge is -2.34. The van der Waals surface area contributed by atoms with E-state index in [2.05, 4.69) is 22.2 Å². The highest BCUT2D eigenvalue weighted by atomic mass is 16.2. The zero-order valence-electron chi connectivity index (χ0n) is 14.3. The van der Waals surface area contributed by atoms with Crippen molar-refractivity contribution in [1.29, 1.82) is 0 Å². The summed E-state index contributed by atoms with van der Waals surface area (Å²) in [7, 11) is 3.98. The number of piperidine rings is 1. The van der Waals surface area contributed by atoms with Gasteiger partial charge in [0.05, 0.1) is 0 Å². The van der Waals surface area contributed by atoms with Crippen LogP contribution in [0.3, 0.4) is 0 Å². The minimum absolute atomic E-state index is 0.0930. The van der Waals surface area contributed by atoms with E-state index in [0.717, 1.165) is 37.1 Å². The van der Waals surface area contributed by atoms with E-state index in [1.54, 1.807) is 11.1 Å². The van der Waals surface area contributed by atoms with Crippen molar-refractivity contribution < 1.29 is 4.79 Å². The molecule has 0 atom stereocenters. The highest BCUT2D eigenvalue weighted by Crippen LogP contribution is 2.20. The number of urea groups is 1. The second-order valence-corrected chi connectivity index (χ2v) is 6.37. The second kappa shape index (κ2) is 7.45. The summed E-state index contributed by atoms with van der Waals surface area (Å²) in [6, 6.07) is 14.1. The number of nitrogens with one attached hydrogen (secondary N) is 1. The molecule has 0 radical (unpaired) electrons. The number of benzene rings is 1. The predicted octanol–water partition coefficient (Wildman–Crippen LogP) is 3.31. The molecule has 3 rings (SSSR count). The lowest BCUT2D eigenvalue weighted by molar-refractivity contribution is 0.156. The van der Waals surface area contributed by atoms with Gasteiger partial charge in [-0.25, -0.2) is 9.78 Å². The van der Waals surface area contributed by atoms with Gasteiger partial charge in [-0.1, -0.05) is 30.3 Å². The van der Waals surface area contributed by atoms with Gasteiger partial charge in [0.1, 0.15) is 5.82 Å². The van der Waals surface area contributed by atoms with E-state index in [1.807, 2.05) is 49.5 Å². The number of rotatable bonds is 3. The van der Waals surface area contributed by atoms with Crippen LogP contribution in [0.1, 0.15) is 12.8 Å². The highest BCUT2D eigenvalue weighted by Gasteiger charge is 2.24. The SMILES string of the molecule is CN1CCC(N(C)C(=O)Nc2ccc(-c3ccccc3)cn2)CC1. The summed E-state index contributed by atoms with van der Waals surface area (Å²) in [5.41, 5.74) is 2.16. The first-order valence-electron chi connectivity index (χ1n) is 8.37. The lowest BCUT2D eigenvalue weighted by atomic mass is 10.0. The molecule has 1 saturated heterocycles. The minimum Gasteiger partial charge on any atom is -0.324 e. The fraction of sp³-hybridized carbons (Fsp3) is 0.368. The monoisotopic (exact) mass is 324 g/mol. The van der Waals surface area contributed by atoms with Crippen molar-refractivity contribution in [2.24, 2.45) is 0 Å². The minimum atomic E-state index is -0.0930. The molecule has 126 valence electrons. The topological polar surface area (TPSA) is 48.5 Å². The van der Waals surface area contributed by atoms with E-state index >= 15 is 0 Å². The highest BCUT2D eigenvalue weighted by molar-refractivity contribution is 5.88. The van der Waals surface area contributed by atoms with Gasteiger partial charge in [0, 0.05) is 24.8 Å². The molecule has 0 bridgehead atoms. The van der Waals surface area contributed by atoms with Gasteiger partial charge in [0.15, 0.2) is 0 Å². The Morgan fingerprint density at radius 2 is 1.83 bits per heavy atom. The number of carbonyl (C=O) groups is 1. The average Bonchev–Trinajstić information content (AvgIpc) is 2.63. The largest absolute Gasteiger partial charge is 0.324 e. The van der Waals surface area contributed by atoms with Gasteiger partial charge in [0.2, 0.25) is 0 Å². The molecule has 1 N–H and O–H groups in total. The quantitative estimate of drug-likeness (QED) is 0.942. The van der Waals surface area contributed by atoms with Crippen molar-refractivity contribution in [3.63, 3.8) is 0 Å². The van der Waals surface area contributed by atoms with Crippen LogP contribution in [-0.2, 0) is 0 Å². The Morgan fingerprint density at radius 3 is 2.46 bits per heavy atom. The maximum absolute atomic E-state index is 12.4. The third-order valence-corrected chi connectivity index (χ3v) is 4.66. The number of pyridine rings is 1. The van der Waals surface area contributed by atoms with E-state index in [4.69, 9.17) is 0 Å². The summed E-state index contributed by atoms with van der Waals surface area (Å²) in [6.07, 6.45) is 3.82. The van der Waals surface area contributed by atoms with Gasteiger partial charge < -0.3 is 9.80 Å². The first-order chi connectivity index (χ1) is 11.6. The smallest absolute Gasteiger partial charge is 0.323 e. The summed E-state index contributed by atoms with van der Waals surface area (Å²) in [4.78, 5) is 20.9. The van der Waals surface area contributed by atoms with E-state index in [9.17, 15) is 4.79 Å². The molecule has 24 heavy (non-hydrogen) atoms. The summed E-state index contributed by atoms with van der Waals surface area (Å²) in [6.45, 7) is 2.07. The van der Waals surface area contributed by atoms with Crippen molar-refractivity contribution in [3.8, 4) is 11.1 Å². The number of carbonyl (C=O) groups excluding carboxylic acids is 1. The molecule has 2 aromatic rings. The molecule has 2 amide bonds. The van der Waals surface area contributed by atoms with E-state index < -0.39 is 0 Å². The molecule has 1 aliphatic rings. The maximum atomic E-state index is 12.4. The van der Waals surface area contributed by atoms with Gasteiger partial charge in [0.25, 0.3) is 0 Å².